The van der Waals surface area contributed by atoms with Crippen LogP contribution < -0.4 is 9.64 Å². The van der Waals surface area contributed by atoms with Crippen molar-refractivity contribution in [3.8, 4) is 17.6 Å². The van der Waals surface area contributed by atoms with Crippen LogP contribution in [0.4, 0.5) is 5.69 Å². The van der Waals surface area contributed by atoms with Crippen LogP contribution in [0.25, 0.3) is 10.9 Å². The Morgan fingerprint density at radius 2 is 1.93 bits per heavy atom. The molecule has 4 aromatic rings. The molecule has 3 heterocycles. The fraction of sp³-hybridized carbons (Fsp3) is 0.136. The number of anilines is 1. The second-order valence-electron chi connectivity index (χ2n) is 6.77. The van der Waals surface area contributed by atoms with E-state index in [2.05, 4.69) is 50.2 Å². The van der Waals surface area contributed by atoms with Crippen molar-refractivity contribution in [1.82, 2.24) is 15.0 Å². The number of aromatic hydroxyl groups is 1. The van der Waals surface area contributed by atoms with Gasteiger partial charge in [-0.15, -0.1) is 0 Å². The predicted octanol–water partition coefficient (Wildman–Crippen LogP) is 4.09. The van der Waals surface area contributed by atoms with Crippen LogP contribution in [0.3, 0.4) is 0 Å². The molecule has 0 radical (unpaired) electrons. The van der Waals surface area contributed by atoms with Crippen molar-refractivity contribution < 1.29 is 9.84 Å². The number of hydrogen-bond donors (Lipinski definition) is 1. The van der Waals surface area contributed by atoms with Crippen LogP contribution in [0.2, 0.25) is 0 Å². The topological polar surface area (TPSA) is 71.4 Å². The van der Waals surface area contributed by atoms with Gasteiger partial charge in [-0.25, -0.2) is 0 Å². The summed E-state index contributed by atoms with van der Waals surface area (Å²) in [6.07, 6.45) is 4.18. The third kappa shape index (κ3) is 3.09. The molecule has 0 saturated carbocycles. The standard InChI is InChI=1S/C22H18N4O2/c27-21-18-8-10-23-13-19(18)24-22(25-21)28-17-7-6-16-9-11-26(20(16)12-17)14-15-4-2-1-3-5-15/h1-8,10,12-13H,9,11,14H2,(H,24,25,27). The molecule has 138 valence electrons. The van der Waals surface area contributed by atoms with Crippen LogP contribution in [0, 0.1) is 0 Å². The molecular weight excluding hydrogens is 352 g/mol. The Labute approximate surface area is 162 Å². The Morgan fingerprint density at radius 3 is 2.82 bits per heavy atom. The van der Waals surface area contributed by atoms with Gasteiger partial charge in [0.2, 0.25) is 5.88 Å². The van der Waals surface area contributed by atoms with Crippen LogP contribution in [-0.4, -0.2) is 26.6 Å². The highest BCUT2D eigenvalue weighted by molar-refractivity contribution is 5.82. The summed E-state index contributed by atoms with van der Waals surface area (Å²) in [5.74, 6) is 0.524. The first kappa shape index (κ1) is 16.5. The van der Waals surface area contributed by atoms with E-state index in [9.17, 15) is 5.11 Å². The molecule has 0 atom stereocenters. The number of rotatable bonds is 4. The molecule has 0 fully saturated rings. The minimum Gasteiger partial charge on any atom is -0.493 e. The van der Waals surface area contributed by atoms with E-state index in [-0.39, 0.29) is 11.9 Å². The van der Waals surface area contributed by atoms with Crippen LogP contribution in [0.15, 0.2) is 67.0 Å². The number of pyridine rings is 1. The molecule has 5 rings (SSSR count). The summed E-state index contributed by atoms with van der Waals surface area (Å²) in [6.45, 7) is 1.84. The Balaban J connectivity index is 1.42. The van der Waals surface area contributed by atoms with E-state index < -0.39 is 0 Å². The van der Waals surface area contributed by atoms with Gasteiger partial charge >= 0.3 is 6.01 Å². The summed E-state index contributed by atoms with van der Waals surface area (Å²) < 4.78 is 5.85. The van der Waals surface area contributed by atoms with E-state index in [4.69, 9.17) is 4.74 Å². The smallest absolute Gasteiger partial charge is 0.325 e. The first-order valence-electron chi connectivity index (χ1n) is 9.17. The maximum atomic E-state index is 10.1. The molecule has 6 heteroatoms. The Morgan fingerprint density at radius 1 is 1.04 bits per heavy atom. The lowest BCUT2D eigenvalue weighted by molar-refractivity contribution is 0.412. The second kappa shape index (κ2) is 6.81. The molecule has 1 aliphatic heterocycles. The average molecular weight is 370 g/mol. The van der Waals surface area contributed by atoms with E-state index in [1.54, 1.807) is 18.5 Å². The molecular formula is C22H18N4O2. The minimum atomic E-state index is -0.116. The Kier molecular flexibility index (Phi) is 4.01. The fourth-order valence-electron chi connectivity index (χ4n) is 3.55. The predicted molar refractivity (Wildman–Crippen MR) is 107 cm³/mol. The molecule has 1 N–H and O–H groups in total. The summed E-state index contributed by atoms with van der Waals surface area (Å²) in [6, 6.07) is 18.2. The van der Waals surface area contributed by atoms with Crippen molar-refractivity contribution in [3.63, 3.8) is 0 Å². The van der Waals surface area contributed by atoms with Crippen LogP contribution in [0.5, 0.6) is 17.6 Å². The van der Waals surface area contributed by atoms with Gasteiger partial charge in [0.15, 0.2) is 0 Å². The van der Waals surface area contributed by atoms with Crippen molar-refractivity contribution in [2.75, 3.05) is 11.4 Å². The highest BCUT2D eigenvalue weighted by Crippen LogP contribution is 2.34. The van der Waals surface area contributed by atoms with Crippen molar-refractivity contribution >= 4 is 16.6 Å². The Bertz CT molecular complexity index is 1150. The van der Waals surface area contributed by atoms with Gasteiger partial charge in [-0.05, 0) is 29.7 Å². The molecule has 0 amide bonds. The molecule has 0 saturated heterocycles. The van der Waals surface area contributed by atoms with E-state index in [1.807, 2.05) is 18.2 Å². The van der Waals surface area contributed by atoms with Gasteiger partial charge in [-0.2, -0.15) is 9.97 Å². The minimum absolute atomic E-state index is 0.102. The average Bonchev–Trinajstić information content (AvgIpc) is 3.11. The van der Waals surface area contributed by atoms with Crippen molar-refractivity contribution in [3.05, 3.63) is 78.1 Å². The number of aromatic nitrogens is 3. The second-order valence-corrected chi connectivity index (χ2v) is 6.77. The van der Waals surface area contributed by atoms with Gasteiger partial charge in [-0.3, -0.25) is 4.98 Å². The third-order valence-electron chi connectivity index (χ3n) is 4.93. The van der Waals surface area contributed by atoms with Gasteiger partial charge in [-0.1, -0.05) is 36.4 Å². The van der Waals surface area contributed by atoms with Crippen molar-refractivity contribution in [2.24, 2.45) is 0 Å². The molecule has 0 aliphatic carbocycles. The molecule has 28 heavy (non-hydrogen) atoms. The summed E-state index contributed by atoms with van der Waals surface area (Å²) >= 11 is 0. The van der Waals surface area contributed by atoms with Crippen molar-refractivity contribution in [1.29, 1.82) is 0 Å². The lowest BCUT2D eigenvalue weighted by Gasteiger charge is -2.20. The summed E-state index contributed by atoms with van der Waals surface area (Å²) in [7, 11) is 0. The fourth-order valence-corrected chi connectivity index (χ4v) is 3.55. The summed E-state index contributed by atoms with van der Waals surface area (Å²) in [5, 5.41) is 10.7. The van der Waals surface area contributed by atoms with Crippen LogP contribution >= 0.6 is 0 Å². The van der Waals surface area contributed by atoms with Gasteiger partial charge in [0.05, 0.1) is 17.1 Å². The third-order valence-corrected chi connectivity index (χ3v) is 4.93. The van der Waals surface area contributed by atoms with E-state index in [0.717, 1.165) is 25.2 Å². The number of benzene rings is 2. The monoisotopic (exact) mass is 370 g/mol. The maximum absolute atomic E-state index is 10.1. The number of ether oxygens (including phenoxy) is 1. The number of hydrogen-bond acceptors (Lipinski definition) is 6. The maximum Gasteiger partial charge on any atom is 0.325 e. The Hall–Kier alpha value is -3.67. The first-order valence-corrected chi connectivity index (χ1v) is 9.17. The molecule has 0 unspecified atom stereocenters. The van der Waals surface area contributed by atoms with E-state index in [1.165, 1.54) is 11.1 Å². The molecule has 0 spiro atoms. The highest BCUT2D eigenvalue weighted by Gasteiger charge is 2.20. The summed E-state index contributed by atoms with van der Waals surface area (Å²) in [5.41, 5.74) is 4.27. The first-order chi connectivity index (χ1) is 13.8. The lowest BCUT2D eigenvalue weighted by Crippen LogP contribution is -2.19. The van der Waals surface area contributed by atoms with Crippen molar-refractivity contribution in [2.45, 2.75) is 13.0 Å². The van der Waals surface area contributed by atoms with Gasteiger partial charge in [0, 0.05) is 31.0 Å². The van der Waals surface area contributed by atoms with Gasteiger partial charge < -0.3 is 14.7 Å². The number of fused-ring (bicyclic) bond motifs is 2. The van der Waals surface area contributed by atoms with E-state index >= 15 is 0 Å². The van der Waals surface area contributed by atoms with Gasteiger partial charge in [0.1, 0.15) is 5.75 Å². The molecule has 1 aliphatic rings. The van der Waals surface area contributed by atoms with Crippen LogP contribution in [0.1, 0.15) is 11.1 Å². The number of nitrogens with zero attached hydrogens (tertiary/aromatic N) is 4. The largest absolute Gasteiger partial charge is 0.493 e. The zero-order valence-electron chi connectivity index (χ0n) is 15.1. The molecule has 0 bridgehead atoms. The van der Waals surface area contributed by atoms with E-state index in [0.29, 0.717) is 16.7 Å². The molecule has 6 nitrogen and oxygen atoms in total. The SMILES string of the molecule is Oc1nc(Oc2ccc3c(c2)N(Cc2ccccc2)CC3)nc2cnccc12. The van der Waals surface area contributed by atoms with Crippen LogP contribution in [-0.2, 0) is 13.0 Å². The molecule has 2 aromatic heterocycles. The normalized spacial score (nSPS) is 12.9. The lowest BCUT2D eigenvalue weighted by atomic mass is 10.1. The van der Waals surface area contributed by atoms with Gasteiger partial charge in [0.25, 0.3) is 0 Å². The quantitative estimate of drug-likeness (QED) is 0.583. The summed E-state index contributed by atoms with van der Waals surface area (Å²) in [4.78, 5) is 14.8. The zero-order valence-corrected chi connectivity index (χ0v) is 15.1. The zero-order chi connectivity index (χ0) is 18.9. The molecule has 2 aromatic carbocycles. The highest BCUT2D eigenvalue weighted by atomic mass is 16.5.